The van der Waals surface area contributed by atoms with E-state index in [1.807, 2.05) is 0 Å². The van der Waals surface area contributed by atoms with E-state index in [1.54, 1.807) is 5.56 Å². The summed E-state index contributed by atoms with van der Waals surface area (Å²) in [5, 5.41) is 0. The fourth-order valence-corrected chi connectivity index (χ4v) is 7.03. The Labute approximate surface area is 185 Å². The molecular formula is C29H44O. The zero-order valence-corrected chi connectivity index (χ0v) is 19.6. The monoisotopic (exact) mass is 408 g/mol. The molecule has 0 spiro atoms. The minimum atomic E-state index is 0.432. The number of hydrogen-bond acceptors (Lipinski definition) is 1. The van der Waals surface area contributed by atoms with E-state index in [4.69, 9.17) is 0 Å². The molecule has 0 bridgehead atoms. The first-order valence-electron chi connectivity index (χ1n) is 13.1. The van der Waals surface area contributed by atoms with Gasteiger partial charge >= 0.3 is 0 Å². The van der Waals surface area contributed by atoms with Crippen molar-refractivity contribution in [2.24, 2.45) is 29.6 Å². The maximum atomic E-state index is 12.5. The van der Waals surface area contributed by atoms with Gasteiger partial charge < -0.3 is 0 Å². The zero-order valence-electron chi connectivity index (χ0n) is 19.6. The van der Waals surface area contributed by atoms with Crippen LogP contribution in [0, 0.1) is 43.4 Å². The Bertz CT molecular complexity index is 662. The second kappa shape index (κ2) is 10.5. The fraction of sp³-hybridized carbons (Fsp3) is 0.759. The minimum Gasteiger partial charge on any atom is -0.299 e. The molecule has 1 nitrogen and oxygen atoms in total. The number of hydrogen-bond donors (Lipinski definition) is 0. The highest BCUT2D eigenvalue weighted by Gasteiger charge is 2.30. The Morgan fingerprint density at radius 1 is 0.700 bits per heavy atom. The lowest BCUT2D eigenvalue weighted by Gasteiger charge is -2.34. The van der Waals surface area contributed by atoms with E-state index in [0.717, 1.165) is 24.2 Å². The number of benzene rings is 1. The molecule has 30 heavy (non-hydrogen) atoms. The zero-order chi connectivity index (χ0) is 20.9. The highest BCUT2D eigenvalue weighted by molar-refractivity contribution is 5.81. The predicted molar refractivity (Wildman–Crippen MR) is 127 cm³/mol. The van der Waals surface area contributed by atoms with Crippen LogP contribution in [-0.2, 0) is 11.2 Å². The Balaban J connectivity index is 1.14. The molecule has 0 atom stereocenters. The molecule has 1 heteroatoms. The molecule has 0 N–H and O–H groups in total. The third kappa shape index (κ3) is 6.21. The molecule has 1 aromatic rings. The molecule has 3 fully saturated rings. The molecule has 0 saturated heterocycles. The molecule has 0 aromatic heterocycles. The summed E-state index contributed by atoms with van der Waals surface area (Å²) >= 11 is 0. The van der Waals surface area contributed by atoms with Gasteiger partial charge in [0, 0.05) is 12.3 Å². The van der Waals surface area contributed by atoms with Gasteiger partial charge in [-0.1, -0.05) is 67.9 Å². The van der Waals surface area contributed by atoms with Gasteiger partial charge in [-0.15, -0.1) is 0 Å². The maximum Gasteiger partial charge on any atom is 0.136 e. The summed E-state index contributed by atoms with van der Waals surface area (Å²) in [7, 11) is 0. The summed E-state index contributed by atoms with van der Waals surface area (Å²) in [6.45, 7) is 4.46. The fourth-order valence-electron chi connectivity index (χ4n) is 7.03. The maximum absolute atomic E-state index is 12.5. The second-order valence-corrected chi connectivity index (χ2v) is 11.4. The Kier molecular flexibility index (Phi) is 7.71. The lowest BCUT2D eigenvalue weighted by molar-refractivity contribution is -0.123. The summed E-state index contributed by atoms with van der Waals surface area (Å²) in [6.07, 6.45) is 19.8. The molecule has 0 heterocycles. The summed E-state index contributed by atoms with van der Waals surface area (Å²) < 4.78 is 0. The van der Waals surface area contributed by atoms with Crippen LogP contribution in [0.4, 0.5) is 0 Å². The third-order valence-electron chi connectivity index (χ3n) is 8.71. The van der Waals surface area contributed by atoms with Crippen molar-refractivity contribution in [2.75, 3.05) is 0 Å². The van der Waals surface area contributed by atoms with Crippen LogP contribution in [0.25, 0.3) is 0 Å². The molecule has 4 rings (SSSR count). The van der Waals surface area contributed by atoms with Gasteiger partial charge in [0.15, 0.2) is 0 Å². The molecule has 0 amide bonds. The smallest absolute Gasteiger partial charge is 0.136 e. The molecule has 3 aliphatic rings. The van der Waals surface area contributed by atoms with Gasteiger partial charge in [-0.2, -0.15) is 0 Å². The normalized spacial score (nSPS) is 30.5. The van der Waals surface area contributed by atoms with Gasteiger partial charge in [0.1, 0.15) is 5.78 Å². The van der Waals surface area contributed by atoms with Gasteiger partial charge in [-0.25, -0.2) is 0 Å². The number of Topliss-reactive ketones (excluding diaryl/α,β-unsaturated/α-hetero) is 1. The van der Waals surface area contributed by atoms with Crippen LogP contribution < -0.4 is 0 Å². The van der Waals surface area contributed by atoms with Gasteiger partial charge in [-0.05, 0) is 94.4 Å². The standard InChI is InChI=1S/C29H44O/c1-21-15-22(2)17-27(16-21)19-25-9-7-23(8-10-25)18-24-11-13-26(14-12-24)20-29(30)28-5-3-4-6-28/h15-17,23-26,28H,3-14,18-20H2,1-2H3. The molecule has 3 saturated carbocycles. The Morgan fingerprint density at radius 2 is 1.20 bits per heavy atom. The molecule has 0 aliphatic heterocycles. The van der Waals surface area contributed by atoms with Gasteiger partial charge in [0.25, 0.3) is 0 Å². The second-order valence-electron chi connectivity index (χ2n) is 11.4. The predicted octanol–water partition coefficient (Wildman–Crippen LogP) is 8.00. The van der Waals surface area contributed by atoms with Crippen LogP contribution >= 0.6 is 0 Å². The summed E-state index contributed by atoms with van der Waals surface area (Å²) in [4.78, 5) is 12.5. The first-order chi connectivity index (χ1) is 14.5. The van der Waals surface area contributed by atoms with E-state index < -0.39 is 0 Å². The van der Waals surface area contributed by atoms with Crippen molar-refractivity contribution < 1.29 is 4.79 Å². The van der Waals surface area contributed by atoms with Crippen molar-refractivity contribution in [1.29, 1.82) is 0 Å². The lowest BCUT2D eigenvalue weighted by Crippen LogP contribution is -2.23. The van der Waals surface area contributed by atoms with Crippen LogP contribution in [-0.4, -0.2) is 5.78 Å². The quantitative estimate of drug-likeness (QED) is 0.446. The average Bonchev–Trinajstić information content (AvgIpc) is 3.25. The first-order valence-corrected chi connectivity index (χ1v) is 13.1. The number of aryl methyl sites for hydroxylation is 2. The van der Waals surface area contributed by atoms with E-state index in [-0.39, 0.29) is 0 Å². The van der Waals surface area contributed by atoms with Gasteiger partial charge in [0.2, 0.25) is 0 Å². The van der Waals surface area contributed by atoms with Crippen LogP contribution in [0.1, 0.15) is 107 Å². The highest BCUT2D eigenvalue weighted by atomic mass is 16.1. The number of carbonyl (C=O) groups excluding carboxylic acids is 1. The number of rotatable bonds is 7. The van der Waals surface area contributed by atoms with Crippen molar-refractivity contribution in [3.8, 4) is 0 Å². The Morgan fingerprint density at radius 3 is 1.77 bits per heavy atom. The molecule has 166 valence electrons. The van der Waals surface area contributed by atoms with Gasteiger partial charge in [-0.3, -0.25) is 4.79 Å². The highest BCUT2D eigenvalue weighted by Crippen LogP contribution is 2.40. The van der Waals surface area contributed by atoms with Crippen LogP contribution in [0.15, 0.2) is 18.2 Å². The molecule has 0 radical (unpaired) electrons. The van der Waals surface area contributed by atoms with Crippen LogP contribution in [0.2, 0.25) is 0 Å². The average molecular weight is 409 g/mol. The summed E-state index contributed by atoms with van der Waals surface area (Å²) in [6, 6.07) is 7.09. The van der Waals surface area contributed by atoms with E-state index in [0.29, 0.717) is 17.6 Å². The topological polar surface area (TPSA) is 17.1 Å². The third-order valence-corrected chi connectivity index (χ3v) is 8.71. The lowest BCUT2D eigenvalue weighted by atomic mass is 9.71. The molecular weight excluding hydrogens is 364 g/mol. The Hall–Kier alpha value is -1.11. The number of carbonyl (C=O) groups is 1. The largest absolute Gasteiger partial charge is 0.299 e. The number of ketones is 1. The van der Waals surface area contributed by atoms with E-state index in [9.17, 15) is 4.79 Å². The van der Waals surface area contributed by atoms with E-state index >= 15 is 0 Å². The summed E-state index contributed by atoms with van der Waals surface area (Å²) in [5.41, 5.74) is 4.39. The molecule has 0 unspecified atom stereocenters. The molecule has 1 aromatic carbocycles. The SMILES string of the molecule is Cc1cc(C)cc(CC2CCC(CC3CCC(CC(=O)C4CCCC4)CC3)CC2)c1. The van der Waals surface area contributed by atoms with E-state index in [1.165, 1.54) is 101 Å². The minimum absolute atomic E-state index is 0.432. The van der Waals surface area contributed by atoms with Crippen molar-refractivity contribution in [2.45, 2.75) is 110 Å². The van der Waals surface area contributed by atoms with E-state index in [2.05, 4.69) is 32.0 Å². The molecule has 3 aliphatic carbocycles. The van der Waals surface area contributed by atoms with Crippen molar-refractivity contribution in [3.05, 3.63) is 34.9 Å². The summed E-state index contributed by atoms with van der Waals surface area (Å²) in [5.74, 6) is 4.58. The van der Waals surface area contributed by atoms with Gasteiger partial charge in [0.05, 0.1) is 0 Å². The first kappa shape index (κ1) is 22.1. The van der Waals surface area contributed by atoms with Crippen LogP contribution in [0.3, 0.4) is 0 Å². The van der Waals surface area contributed by atoms with Crippen molar-refractivity contribution in [1.82, 2.24) is 0 Å². The van der Waals surface area contributed by atoms with Crippen molar-refractivity contribution in [3.63, 3.8) is 0 Å². The van der Waals surface area contributed by atoms with Crippen molar-refractivity contribution >= 4 is 5.78 Å². The van der Waals surface area contributed by atoms with Crippen LogP contribution in [0.5, 0.6) is 0 Å².